The van der Waals surface area contributed by atoms with Gasteiger partial charge in [-0.15, -0.1) is 0 Å². The number of nitrogens with zero attached hydrogens (tertiary/aromatic N) is 2. The van der Waals surface area contributed by atoms with Gasteiger partial charge in [0, 0.05) is 25.4 Å². The molecule has 1 aromatic rings. The van der Waals surface area contributed by atoms with Crippen LogP contribution in [0.1, 0.15) is 27.8 Å². The van der Waals surface area contributed by atoms with Gasteiger partial charge in [-0.05, 0) is 13.0 Å². The molecule has 19 heavy (non-hydrogen) atoms. The van der Waals surface area contributed by atoms with Crippen molar-refractivity contribution in [3.05, 3.63) is 23.5 Å². The maximum absolute atomic E-state index is 12.5. The van der Waals surface area contributed by atoms with Crippen molar-refractivity contribution in [1.29, 1.82) is 0 Å². The first-order valence-electron chi connectivity index (χ1n) is 6.21. The van der Waals surface area contributed by atoms with Crippen LogP contribution in [0.2, 0.25) is 0 Å². The van der Waals surface area contributed by atoms with E-state index in [1.807, 2.05) is 0 Å². The predicted molar refractivity (Wildman–Crippen MR) is 68.1 cm³/mol. The number of aliphatic hydroxyl groups excluding tert-OH is 1. The number of carbonyl (C=O) groups excluding carboxylic acids is 2. The Morgan fingerprint density at radius 1 is 1.53 bits per heavy atom. The summed E-state index contributed by atoms with van der Waals surface area (Å²) >= 11 is 0. The smallest absolute Gasteiger partial charge is 0.270 e. The number of carbonyl (C=O) groups is 2. The predicted octanol–water partition coefficient (Wildman–Crippen LogP) is 0.0610. The molecule has 0 bridgehead atoms. The van der Waals surface area contributed by atoms with Gasteiger partial charge in [0.2, 0.25) is 0 Å². The SMILES string of the molecule is CC(=O)c1cc(C(=O)N2CCOCC2CO)n(C)c1. The Hall–Kier alpha value is -1.66. The molecule has 6 heteroatoms. The van der Waals surface area contributed by atoms with Crippen LogP contribution in [0.15, 0.2) is 12.3 Å². The van der Waals surface area contributed by atoms with Gasteiger partial charge in [0.15, 0.2) is 5.78 Å². The van der Waals surface area contributed by atoms with Gasteiger partial charge < -0.3 is 19.3 Å². The van der Waals surface area contributed by atoms with E-state index >= 15 is 0 Å². The van der Waals surface area contributed by atoms with E-state index in [-0.39, 0.29) is 24.3 Å². The molecule has 1 fully saturated rings. The molecule has 1 amide bonds. The highest BCUT2D eigenvalue weighted by Gasteiger charge is 2.29. The molecule has 1 aliphatic rings. The molecule has 1 unspecified atom stereocenters. The summed E-state index contributed by atoms with van der Waals surface area (Å²) in [5.74, 6) is -0.257. The number of ketones is 1. The second kappa shape index (κ2) is 5.54. The average molecular weight is 266 g/mol. The summed E-state index contributed by atoms with van der Waals surface area (Å²) in [4.78, 5) is 25.4. The second-order valence-electron chi connectivity index (χ2n) is 4.69. The van der Waals surface area contributed by atoms with Crippen molar-refractivity contribution >= 4 is 11.7 Å². The van der Waals surface area contributed by atoms with Crippen LogP contribution in [0.5, 0.6) is 0 Å². The summed E-state index contributed by atoms with van der Waals surface area (Å²) in [5.41, 5.74) is 0.963. The molecule has 0 aromatic carbocycles. The topological polar surface area (TPSA) is 71.8 Å². The lowest BCUT2D eigenvalue weighted by Gasteiger charge is -2.34. The van der Waals surface area contributed by atoms with Crippen LogP contribution in [0.3, 0.4) is 0 Å². The second-order valence-corrected chi connectivity index (χ2v) is 4.69. The number of rotatable bonds is 3. The molecule has 1 aliphatic heterocycles. The van der Waals surface area contributed by atoms with E-state index in [1.54, 1.807) is 28.8 Å². The molecule has 1 N–H and O–H groups in total. The van der Waals surface area contributed by atoms with Gasteiger partial charge in [-0.3, -0.25) is 9.59 Å². The number of aliphatic hydroxyl groups is 1. The maximum atomic E-state index is 12.5. The van der Waals surface area contributed by atoms with Crippen LogP contribution < -0.4 is 0 Å². The molecule has 104 valence electrons. The molecule has 1 aromatic heterocycles. The highest BCUT2D eigenvalue weighted by atomic mass is 16.5. The van der Waals surface area contributed by atoms with Crippen molar-refractivity contribution in [1.82, 2.24) is 9.47 Å². The first-order chi connectivity index (χ1) is 9.04. The van der Waals surface area contributed by atoms with Crippen LogP contribution in [0.25, 0.3) is 0 Å². The molecule has 0 radical (unpaired) electrons. The van der Waals surface area contributed by atoms with E-state index in [4.69, 9.17) is 4.74 Å². The van der Waals surface area contributed by atoms with Gasteiger partial charge >= 0.3 is 0 Å². The van der Waals surface area contributed by atoms with Crippen molar-refractivity contribution in [2.75, 3.05) is 26.4 Å². The van der Waals surface area contributed by atoms with Crippen LogP contribution in [0.4, 0.5) is 0 Å². The molecular weight excluding hydrogens is 248 g/mol. The molecule has 1 atom stereocenters. The number of aryl methyl sites for hydroxylation is 1. The lowest BCUT2D eigenvalue weighted by molar-refractivity contribution is -0.0188. The Morgan fingerprint density at radius 3 is 2.84 bits per heavy atom. The van der Waals surface area contributed by atoms with E-state index in [0.29, 0.717) is 31.0 Å². The van der Waals surface area contributed by atoms with Crippen molar-refractivity contribution in [2.45, 2.75) is 13.0 Å². The van der Waals surface area contributed by atoms with Crippen molar-refractivity contribution in [2.24, 2.45) is 7.05 Å². The maximum Gasteiger partial charge on any atom is 0.270 e. The number of amides is 1. The first kappa shape index (κ1) is 13.8. The standard InChI is InChI=1S/C13H18N2O4/c1-9(17)10-5-12(14(2)6-10)13(18)15-3-4-19-8-11(15)7-16/h5-6,11,16H,3-4,7-8H2,1-2H3. The highest BCUT2D eigenvalue weighted by Crippen LogP contribution is 2.15. The van der Waals surface area contributed by atoms with Gasteiger partial charge in [0.1, 0.15) is 5.69 Å². The summed E-state index contributed by atoms with van der Waals surface area (Å²) in [6.45, 7) is 2.59. The zero-order chi connectivity index (χ0) is 14.0. The molecule has 0 aliphatic carbocycles. The fourth-order valence-electron chi connectivity index (χ4n) is 2.19. The Bertz CT molecular complexity index is 495. The van der Waals surface area contributed by atoms with Gasteiger partial charge in [0.25, 0.3) is 5.91 Å². The minimum atomic E-state index is -0.322. The lowest BCUT2D eigenvalue weighted by Crippen LogP contribution is -2.50. The van der Waals surface area contributed by atoms with Crippen molar-refractivity contribution in [3.8, 4) is 0 Å². The summed E-state index contributed by atoms with van der Waals surface area (Å²) in [6, 6.07) is 1.27. The minimum absolute atomic E-state index is 0.0738. The molecule has 6 nitrogen and oxygen atoms in total. The Morgan fingerprint density at radius 2 is 2.26 bits per heavy atom. The fourth-order valence-corrected chi connectivity index (χ4v) is 2.19. The van der Waals surface area contributed by atoms with E-state index < -0.39 is 0 Å². The van der Waals surface area contributed by atoms with Crippen molar-refractivity contribution < 1.29 is 19.4 Å². The number of aromatic nitrogens is 1. The molecule has 2 rings (SSSR count). The number of hydrogen-bond acceptors (Lipinski definition) is 4. The van der Waals surface area contributed by atoms with Gasteiger partial charge in [-0.2, -0.15) is 0 Å². The average Bonchev–Trinajstić information content (AvgIpc) is 2.80. The molecular formula is C13H18N2O4. The monoisotopic (exact) mass is 266 g/mol. The Balaban J connectivity index is 2.25. The molecule has 0 saturated carbocycles. The third kappa shape index (κ3) is 2.69. The van der Waals surface area contributed by atoms with Crippen LogP contribution in [-0.2, 0) is 11.8 Å². The largest absolute Gasteiger partial charge is 0.394 e. The summed E-state index contributed by atoms with van der Waals surface area (Å²) < 4.78 is 6.89. The molecule has 1 saturated heterocycles. The van der Waals surface area contributed by atoms with Crippen molar-refractivity contribution in [3.63, 3.8) is 0 Å². The third-order valence-electron chi connectivity index (χ3n) is 3.33. The molecule has 0 spiro atoms. The van der Waals surface area contributed by atoms with E-state index in [0.717, 1.165) is 0 Å². The van der Waals surface area contributed by atoms with Crippen LogP contribution in [-0.4, -0.2) is 58.7 Å². The summed E-state index contributed by atoms with van der Waals surface area (Å²) in [7, 11) is 1.73. The zero-order valence-electron chi connectivity index (χ0n) is 11.1. The van der Waals surface area contributed by atoms with Gasteiger partial charge in [-0.1, -0.05) is 0 Å². The summed E-state index contributed by atoms with van der Waals surface area (Å²) in [5, 5.41) is 9.29. The van der Waals surface area contributed by atoms with E-state index in [9.17, 15) is 14.7 Å². The van der Waals surface area contributed by atoms with Crippen LogP contribution in [0, 0.1) is 0 Å². The Kier molecular flexibility index (Phi) is 4.01. The Labute approximate surface area is 111 Å². The molecule has 2 heterocycles. The zero-order valence-corrected chi connectivity index (χ0v) is 11.1. The van der Waals surface area contributed by atoms with E-state index in [1.165, 1.54) is 6.92 Å². The normalized spacial score (nSPS) is 19.5. The fraction of sp³-hybridized carbons (Fsp3) is 0.538. The first-order valence-corrected chi connectivity index (χ1v) is 6.21. The van der Waals surface area contributed by atoms with E-state index in [2.05, 4.69) is 0 Å². The number of morpholine rings is 1. The lowest BCUT2D eigenvalue weighted by atomic mass is 10.2. The highest BCUT2D eigenvalue weighted by molar-refractivity contribution is 5.99. The van der Waals surface area contributed by atoms with Gasteiger partial charge in [0.05, 0.1) is 25.9 Å². The minimum Gasteiger partial charge on any atom is -0.394 e. The number of Topliss-reactive ketones (excluding diaryl/α,β-unsaturated/α-hetero) is 1. The van der Waals surface area contributed by atoms with Crippen LogP contribution >= 0.6 is 0 Å². The van der Waals surface area contributed by atoms with Gasteiger partial charge in [-0.25, -0.2) is 0 Å². The number of ether oxygens (including phenoxy) is 1. The number of hydrogen-bond donors (Lipinski definition) is 1. The third-order valence-corrected chi connectivity index (χ3v) is 3.33. The quantitative estimate of drug-likeness (QED) is 0.785. The summed E-state index contributed by atoms with van der Waals surface area (Å²) in [6.07, 6.45) is 1.64.